The first kappa shape index (κ1) is 19.8. The summed E-state index contributed by atoms with van der Waals surface area (Å²) in [4.78, 5) is 3.04. The van der Waals surface area contributed by atoms with Gasteiger partial charge in [-0.2, -0.15) is 0 Å². The maximum atomic E-state index is 3.04. The molecule has 0 amide bonds. The molecule has 0 aromatic heterocycles. The predicted molar refractivity (Wildman–Crippen MR) is 126 cm³/mol. The standard InChI is InChI=1S/C27H47NSi/c1-28-23-15-9-8-14-22(23)25-20-12-6-7-13-21(20)27(26(25)28)29(2,3)24-17-16-18-10-4-5-11-19(18)24/h18-27H,4-17H2,1-3H3. The highest BCUT2D eigenvalue weighted by atomic mass is 28.3. The molecule has 6 fully saturated rings. The van der Waals surface area contributed by atoms with Gasteiger partial charge in [-0.05, 0) is 72.9 Å². The molecule has 0 bridgehead atoms. The lowest BCUT2D eigenvalue weighted by molar-refractivity contribution is 0.136. The van der Waals surface area contributed by atoms with Gasteiger partial charge in [0.2, 0.25) is 0 Å². The Balaban J connectivity index is 1.36. The first-order valence-corrected chi connectivity index (χ1v) is 17.0. The van der Waals surface area contributed by atoms with Crippen LogP contribution in [-0.2, 0) is 0 Å². The second kappa shape index (κ2) is 7.36. The van der Waals surface area contributed by atoms with Crippen molar-refractivity contribution in [2.45, 2.75) is 126 Å². The van der Waals surface area contributed by atoms with Gasteiger partial charge in [0.05, 0.1) is 8.07 Å². The van der Waals surface area contributed by atoms with Crippen molar-refractivity contribution in [3.63, 3.8) is 0 Å². The Morgan fingerprint density at radius 1 is 0.621 bits per heavy atom. The van der Waals surface area contributed by atoms with Crippen molar-refractivity contribution in [3.8, 4) is 0 Å². The average Bonchev–Trinajstić information content (AvgIpc) is 3.40. The monoisotopic (exact) mass is 413 g/mol. The molecular formula is C27H47NSi. The Bertz CT molecular complexity index is 616. The van der Waals surface area contributed by atoms with Crippen LogP contribution in [0.25, 0.3) is 0 Å². The molecule has 0 spiro atoms. The molecule has 10 unspecified atom stereocenters. The number of likely N-dealkylation sites (tertiary alicyclic amines) is 1. The van der Waals surface area contributed by atoms with Gasteiger partial charge in [-0.25, -0.2) is 0 Å². The fourth-order valence-electron chi connectivity index (χ4n) is 11.2. The molecule has 6 rings (SSSR count). The fraction of sp³-hybridized carbons (Fsp3) is 1.00. The van der Waals surface area contributed by atoms with E-state index < -0.39 is 8.07 Å². The molecule has 1 nitrogen and oxygen atoms in total. The molecule has 0 aromatic carbocycles. The van der Waals surface area contributed by atoms with E-state index in [2.05, 4.69) is 25.0 Å². The van der Waals surface area contributed by atoms with Gasteiger partial charge in [0.1, 0.15) is 0 Å². The molecule has 1 saturated heterocycles. The summed E-state index contributed by atoms with van der Waals surface area (Å²) >= 11 is 0. The molecule has 6 aliphatic rings. The van der Waals surface area contributed by atoms with Crippen LogP contribution < -0.4 is 0 Å². The lowest BCUT2D eigenvalue weighted by atomic mass is 9.70. The summed E-state index contributed by atoms with van der Waals surface area (Å²) in [6, 6.07) is 1.94. The van der Waals surface area contributed by atoms with Crippen molar-refractivity contribution >= 4 is 8.07 Å². The van der Waals surface area contributed by atoms with Crippen LogP contribution in [0.15, 0.2) is 0 Å². The second-order valence-corrected chi connectivity index (χ2v) is 18.2. The Morgan fingerprint density at radius 3 is 2.03 bits per heavy atom. The minimum absolute atomic E-state index is 0.958. The number of fused-ring (bicyclic) bond motifs is 6. The lowest BCUT2D eigenvalue weighted by Crippen LogP contribution is -2.50. The van der Waals surface area contributed by atoms with Crippen molar-refractivity contribution in [1.29, 1.82) is 0 Å². The highest BCUT2D eigenvalue weighted by Crippen LogP contribution is 2.67. The summed E-state index contributed by atoms with van der Waals surface area (Å²) in [6.07, 6.45) is 21.9. The third kappa shape index (κ3) is 2.86. The Kier molecular flexibility index (Phi) is 5.03. The van der Waals surface area contributed by atoms with Crippen LogP contribution in [0.3, 0.4) is 0 Å². The fourth-order valence-corrected chi connectivity index (χ4v) is 17.0. The van der Waals surface area contributed by atoms with E-state index in [0.717, 1.165) is 58.7 Å². The zero-order chi connectivity index (χ0) is 19.8. The van der Waals surface area contributed by atoms with E-state index in [1.807, 2.05) is 0 Å². The van der Waals surface area contributed by atoms with E-state index in [-0.39, 0.29) is 0 Å². The van der Waals surface area contributed by atoms with E-state index in [0.29, 0.717) is 0 Å². The van der Waals surface area contributed by atoms with Crippen molar-refractivity contribution < 1.29 is 0 Å². The molecule has 5 saturated carbocycles. The van der Waals surface area contributed by atoms with Crippen molar-refractivity contribution in [3.05, 3.63) is 0 Å². The van der Waals surface area contributed by atoms with Crippen LogP contribution in [0.4, 0.5) is 0 Å². The second-order valence-electron chi connectivity index (χ2n) is 13.1. The van der Waals surface area contributed by atoms with Gasteiger partial charge in [0.25, 0.3) is 0 Å². The van der Waals surface area contributed by atoms with Crippen LogP contribution in [-0.4, -0.2) is 32.1 Å². The van der Waals surface area contributed by atoms with E-state index in [9.17, 15) is 0 Å². The zero-order valence-electron chi connectivity index (χ0n) is 19.6. The van der Waals surface area contributed by atoms with Crippen molar-refractivity contribution in [2.75, 3.05) is 7.05 Å². The molecular weight excluding hydrogens is 366 g/mol. The van der Waals surface area contributed by atoms with Crippen LogP contribution in [0, 0.1) is 35.5 Å². The quantitative estimate of drug-likeness (QED) is 0.428. The van der Waals surface area contributed by atoms with Crippen LogP contribution in [0.1, 0.15) is 89.9 Å². The van der Waals surface area contributed by atoms with Gasteiger partial charge >= 0.3 is 0 Å². The van der Waals surface area contributed by atoms with Gasteiger partial charge in [-0.3, -0.25) is 4.90 Å². The highest BCUT2D eigenvalue weighted by molar-refractivity contribution is 6.80. The molecule has 29 heavy (non-hydrogen) atoms. The summed E-state index contributed by atoms with van der Waals surface area (Å²) in [6.45, 7) is 5.84. The van der Waals surface area contributed by atoms with Crippen LogP contribution in [0.5, 0.6) is 0 Å². The maximum Gasteiger partial charge on any atom is 0.0558 e. The summed E-state index contributed by atoms with van der Waals surface area (Å²) in [5.41, 5.74) is 2.29. The number of hydrogen-bond donors (Lipinski definition) is 0. The van der Waals surface area contributed by atoms with E-state index in [1.54, 1.807) is 70.6 Å². The Hall–Kier alpha value is 0.177. The molecule has 0 radical (unpaired) electrons. The van der Waals surface area contributed by atoms with Crippen molar-refractivity contribution in [2.24, 2.45) is 35.5 Å². The molecule has 5 aliphatic carbocycles. The largest absolute Gasteiger partial charge is 0.300 e. The molecule has 0 N–H and O–H groups in total. The minimum Gasteiger partial charge on any atom is -0.300 e. The molecule has 10 atom stereocenters. The third-order valence-electron chi connectivity index (χ3n) is 12.0. The molecule has 1 heterocycles. The van der Waals surface area contributed by atoms with E-state index in [4.69, 9.17) is 0 Å². The molecule has 0 aromatic rings. The molecule has 164 valence electrons. The maximum absolute atomic E-state index is 3.04. The summed E-state index contributed by atoms with van der Waals surface area (Å²) in [7, 11) is 1.31. The van der Waals surface area contributed by atoms with E-state index >= 15 is 0 Å². The lowest BCUT2D eigenvalue weighted by Gasteiger charge is -2.48. The SMILES string of the molecule is CN1C2CCCCC2C2C3CCCCC3C([Si](C)(C)C3CCC4CCCCC43)C21. The van der Waals surface area contributed by atoms with Crippen molar-refractivity contribution in [1.82, 2.24) is 4.90 Å². The first-order chi connectivity index (χ1) is 14.1. The first-order valence-electron chi connectivity index (χ1n) is 13.8. The van der Waals surface area contributed by atoms with E-state index in [1.165, 1.54) is 19.3 Å². The summed E-state index contributed by atoms with van der Waals surface area (Å²) in [5.74, 6) is 6.67. The number of hydrogen-bond acceptors (Lipinski definition) is 1. The third-order valence-corrected chi connectivity index (χ3v) is 17.1. The molecule has 1 aliphatic heterocycles. The van der Waals surface area contributed by atoms with Crippen LogP contribution in [0.2, 0.25) is 24.2 Å². The van der Waals surface area contributed by atoms with Gasteiger partial charge in [-0.15, -0.1) is 0 Å². The van der Waals surface area contributed by atoms with Gasteiger partial charge < -0.3 is 0 Å². The molecule has 2 heteroatoms. The van der Waals surface area contributed by atoms with Gasteiger partial charge in [-0.1, -0.05) is 83.7 Å². The Labute approximate surface area is 181 Å². The normalized spacial score (nSPS) is 52.7. The topological polar surface area (TPSA) is 3.24 Å². The highest BCUT2D eigenvalue weighted by Gasteiger charge is 2.65. The summed E-state index contributed by atoms with van der Waals surface area (Å²) in [5, 5.41) is 0. The smallest absolute Gasteiger partial charge is 0.0558 e. The zero-order valence-corrected chi connectivity index (χ0v) is 20.6. The van der Waals surface area contributed by atoms with Crippen LogP contribution >= 0.6 is 0 Å². The predicted octanol–water partition coefficient (Wildman–Crippen LogP) is 7.34. The number of nitrogens with zero attached hydrogens (tertiary/aromatic N) is 1. The summed E-state index contributed by atoms with van der Waals surface area (Å²) < 4.78 is 0. The Morgan fingerprint density at radius 2 is 1.24 bits per heavy atom. The number of rotatable bonds is 2. The average molecular weight is 414 g/mol. The van der Waals surface area contributed by atoms with Gasteiger partial charge in [0.15, 0.2) is 0 Å². The van der Waals surface area contributed by atoms with Gasteiger partial charge in [0, 0.05) is 12.1 Å². The minimum atomic E-state index is -1.29.